The van der Waals surface area contributed by atoms with Gasteiger partial charge in [-0.3, -0.25) is 4.79 Å². The summed E-state index contributed by atoms with van der Waals surface area (Å²) in [5.41, 5.74) is 5.19. The number of nitrogens with two attached hydrogens (primary N) is 1. The summed E-state index contributed by atoms with van der Waals surface area (Å²) in [7, 11) is 0. The largest absolute Gasteiger partial charge is 0.480 e. The van der Waals surface area contributed by atoms with Crippen LogP contribution in [0.15, 0.2) is 0 Å². The molecule has 0 saturated heterocycles. The second kappa shape index (κ2) is 10.3. The van der Waals surface area contributed by atoms with Crippen molar-refractivity contribution in [2.45, 2.75) is 12.5 Å². The summed E-state index contributed by atoms with van der Waals surface area (Å²) in [5, 5.41) is 8.27. The Balaban J connectivity index is -0.000000320. The van der Waals surface area contributed by atoms with Gasteiger partial charge in [0.05, 0.1) is 0 Å². The second-order valence-corrected chi connectivity index (χ2v) is 2.71. The zero-order valence-electron chi connectivity index (χ0n) is 6.21. The molecule has 0 aliphatic heterocycles. The van der Waals surface area contributed by atoms with Gasteiger partial charge in [-0.25, -0.2) is 0 Å². The first-order chi connectivity index (χ1) is 4.18. The minimum atomic E-state index is -0.913. The Bertz CT molecular complexity index is 104. The van der Waals surface area contributed by atoms with Gasteiger partial charge < -0.3 is 16.3 Å². The number of rotatable bonds is 4. The summed E-state index contributed by atoms with van der Waals surface area (Å²) >= 11 is 1.60. The third-order valence-electron chi connectivity index (χ3n) is 0.950. The molecule has 0 rings (SSSR count). The van der Waals surface area contributed by atoms with Crippen LogP contribution >= 0.6 is 11.8 Å². The van der Waals surface area contributed by atoms with Crippen molar-refractivity contribution in [3.8, 4) is 0 Å². The quantitative estimate of drug-likeness (QED) is 0.616. The minimum absolute atomic E-state index is 0. The molecular formula is C5H13MnNO3S. The number of carboxylic acid groups (broad SMARTS) is 1. The normalized spacial score (nSPS) is 10.7. The van der Waals surface area contributed by atoms with Crippen molar-refractivity contribution in [1.82, 2.24) is 0 Å². The number of carbonyl (C=O) groups is 1. The van der Waals surface area contributed by atoms with Crippen LogP contribution in [0.2, 0.25) is 0 Å². The van der Waals surface area contributed by atoms with Crippen LogP contribution < -0.4 is 5.73 Å². The maximum absolute atomic E-state index is 10.1. The van der Waals surface area contributed by atoms with E-state index in [0.29, 0.717) is 6.42 Å². The van der Waals surface area contributed by atoms with E-state index in [1.807, 2.05) is 6.26 Å². The van der Waals surface area contributed by atoms with E-state index in [4.69, 9.17) is 10.8 Å². The fourth-order valence-corrected chi connectivity index (χ4v) is 0.858. The molecule has 0 saturated carbocycles. The predicted molar refractivity (Wildman–Crippen MR) is 42.2 cm³/mol. The summed E-state index contributed by atoms with van der Waals surface area (Å²) in [4.78, 5) is 10.1. The zero-order chi connectivity index (χ0) is 7.28. The van der Waals surface area contributed by atoms with Crippen molar-refractivity contribution < 1.29 is 32.4 Å². The molecule has 5 N–H and O–H groups in total. The van der Waals surface area contributed by atoms with Gasteiger partial charge in [0.15, 0.2) is 0 Å². The molecule has 0 amide bonds. The van der Waals surface area contributed by atoms with Crippen molar-refractivity contribution in [3.63, 3.8) is 0 Å². The summed E-state index contributed by atoms with van der Waals surface area (Å²) in [5.74, 6) is -0.1000. The zero-order valence-corrected chi connectivity index (χ0v) is 8.21. The molecule has 11 heavy (non-hydrogen) atoms. The summed E-state index contributed by atoms with van der Waals surface area (Å²) in [6.07, 6.45) is 2.48. The molecule has 1 unspecified atom stereocenters. The van der Waals surface area contributed by atoms with Gasteiger partial charge in [0.25, 0.3) is 0 Å². The first kappa shape index (κ1) is 17.4. The third kappa shape index (κ3) is 10.3. The first-order valence-corrected chi connectivity index (χ1v) is 4.05. The van der Waals surface area contributed by atoms with E-state index in [2.05, 4.69) is 0 Å². The van der Waals surface area contributed by atoms with Crippen LogP contribution in [0.3, 0.4) is 0 Å². The van der Waals surface area contributed by atoms with Crippen LogP contribution in [-0.4, -0.2) is 34.6 Å². The second-order valence-electron chi connectivity index (χ2n) is 1.73. The molecule has 4 nitrogen and oxygen atoms in total. The standard InChI is InChI=1S/C5H11NO2S.Mn.H2O/c1-9-3-2-4(6)5(7)8;;/h4H,2-3,6H2,1H3,(H,7,8);;1H2. The van der Waals surface area contributed by atoms with E-state index in [9.17, 15) is 4.79 Å². The smallest absolute Gasteiger partial charge is 0.320 e. The van der Waals surface area contributed by atoms with Crippen molar-refractivity contribution in [2.24, 2.45) is 5.73 Å². The van der Waals surface area contributed by atoms with Crippen LogP contribution in [-0.2, 0) is 21.9 Å². The van der Waals surface area contributed by atoms with Crippen LogP contribution in [0.4, 0.5) is 0 Å². The Kier molecular flexibility index (Phi) is 16.2. The summed E-state index contributed by atoms with van der Waals surface area (Å²) < 4.78 is 0. The van der Waals surface area contributed by atoms with Crippen molar-refractivity contribution in [2.75, 3.05) is 12.0 Å². The molecule has 0 aliphatic carbocycles. The third-order valence-corrected chi connectivity index (χ3v) is 1.59. The van der Waals surface area contributed by atoms with E-state index in [1.165, 1.54) is 0 Å². The van der Waals surface area contributed by atoms with E-state index < -0.39 is 12.0 Å². The van der Waals surface area contributed by atoms with Crippen LogP contribution in [0.1, 0.15) is 6.42 Å². The van der Waals surface area contributed by atoms with Crippen molar-refractivity contribution in [1.29, 1.82) is 0 Å². The molecule has 6 heteroatoms. The molecule has 1 atom stereocenters. The molecule has 0 aromatic carbocycles. The van der Waals surface area contributed by atoms with Gasteiger partial charge >= 0.3 is 5.97 Å². The molecule has 0 fully saturated rings. The molecule has 0 heterocycles. The SMILES string of the molecule is CSCCC(N)C(=O)O.O.[Mn]. The van der Waals surface area contributed by atoms with E-state index in [0.717, 1.165) is 5.75 Å². The van der Waals surface area contributed by atoms with Crippen LogP contribution in [0.25, 0.3) is 0 Å². The average Bonchev–Trinajstić information content (AvgIpc) is 1.82. The Morgan fingerprint density at radius 2 is 2.18 bits per heavy atom. The molecular weight excluding hydrogens is 209 g/mol. The number of hydrogen-bond donors (Lipinski definition) is 2. The van der Waals surface area contributed by atoms with Crippen molar-refractivity contribution >= 4 is 17.7 Å². The fraction of sp³-hybridized carbons (Fsp3) is 0.800. The Morgan fingerprint density at radius 1 is 1.73 bits per heavy atom. The molecule has 0 aromatic rings. The fourth-order valence-electron chi connectivity index (χ4n) is 0.368. The van der Waals surface area contributed by atoms with Crippen LogP contribution in [0.5, 0.6) is 0 Å². The predicted octanol–water partition coefficient (Wildman–Crippen LogP) is -0.676. The Morgan fingerprint density at radius 3 is 2.45 bits per heavy atom. The van der Waals surface area contributed by atoms with Crippen molar-refractivity contribution in [3.05, 3.63) is 0 Å². The molecule has 1 radical (unpaired) electrons. The van der Waals surface area contributed by atoms with E-state index in [1.54, 1.807) is 11.8 Å². The number of hydrogen-bond acceptors (Lipinski definition) is 3. The van der Waals surface area contributed by atoms with E-state index in [-0.39, 0.29) is 22.5 Å². The number of carboxylic acids is 1. The van der Waals surface area contributed by atoms with Gasteiger partial charge in [-0.2, -0.15) is 11.8 Å². The molecule has 69 valence electrons. The van der Waals surface area contributed by atoms with Gasteiger partial charge in [0.1, 0.15) is 6.04 Å². The maximum Gasteiger partial charge on any atom is 0.320 e. The summed E-state index contributed by atoms with van der Waals surface area (Å²) in [6.45, 7) is 0. The van der Waals surface area contributed by atoms with Gasteiger partial charge in [0.2, 0.25) is 0 Å². The molecule has 0 aromatic heterocycles. The monoisotopic (exact) mass is 222 g/mol. The molecule has 0 bridgehead atoms. The Hall–Kier alpha value is 0.259. The maximum atomic E-state index is 10.1. The minimum Gasteiger partial charge on any atom is -0.480 e. The number of thioether (sulfide) groups is 1. The van der Waals surface area contributed by atoms with Crippen LogP contribution in [0, 0.1) is 0 Å². The first-order valence-electron chi connectivity index (χ1n) is 2.65. The summed E-state index contributed by atoms with van der Waals surface area (Å²) in [6, 6.07) is -0.683. The Labute approximate surface area is 80.7 Å². The average molecular weight is 222 g/mol. The van der Waals surface area contributed by atoms with Gasteiger partial charge in [-0.15, -0.1) is 0 Å². The molecule has 0 aliphatic rings. The van der Waals surface area contributed by atoms with Gasteiger partial charge in [-0.1, -0.05) is 0 Å². The number of aliphatic carboxylic acids is 1. The molecule has 0 spiro atoms. The van der Waals surface area contributed by atoms with Gasteiger partial charge in [-0.05, 0) is 18.4 Å². The van der Waals surface area contributed by atoms with Gasteiger partial charge in [0, 0.05) is 17.1 Å². The topological polar surface area (TPSA) is 94.8 Å². The van der Waals surface area contributed by atoms with E-state index >= 15 is 0 Å².